The van der Waals surface area contributed by atoms with Gasteiger partial charge in [0.05, 0.1) is 15.7 Å². The highest BCUT2D eigenvalue weighted by molar-refractivity contribution is 8.01. The Balaban J connectivity index is 1.99. The molecule has 0 aliphatic carbocycles. The molecule has 3 N–H and O–H groups in total. The predicted octanol–water partition coefficient (Wildman–Crippen LogP) is 3.53. The number of carbonyl (C=O) groups is 2. The van der Waals surface area contributed by atoms with E-state index in [4.69, 9.17) is 5.73 Å². The zero-order chi connectivity index (χ0) is 17.5. The van der Waals surface area contributed by atoms with Crippen molar-refractivity contribution < 1.29 is 9.59 Å². The number of aryl methyl sites for hydroxylation is 1. The fraction of sp³-hybridized carbons (Fsp3) is 0.312. The molecule has 0 saturated carbocycles. The van der Waals surface area contributed by atoms with E-state index in [-0.39, 0.29) is 17.6 Å². The number of aromatic nitrogens is 1. The third kappa shape index (κ3) is 5.54. The smallest absolute Gasteiger partial charge is 0.257 e. The zero-order valence-corrected chi connectivity index (χ0v) is 15.9. The first-order chi connectivity index (χ1) is 11.5. The van der Waals surface area contributed by atoms with Gasteiger partial charge in [0.2, 0.25) is 5.91 Å². The van der Waals surface area contributed by atoms with Crippen LogP contribution in [0, 0.1) is 6.92 Å². The zero-order valence-electron chi connectivity index (χ0n) is 13.5. The van der Waals surface area contributed by atoms with Crippen LogP contribution < -0.4 is 11.1 Å². The number of anilines is 1. The standard InChI is InChI=1S/C16H19N3O2S3/c1-3-22-8-11-4-6-12(7-5-11)14(21)19-16-18-10(2)15(24-16)23-9-13(17)20/h4-7H,3,8-9H2,1-2H3,(H2,17,20)(H,18,19,21). The number of benzene rings is 1. The molecular formula is C16H19N3O2S3. The quantitative estimate of drug-likeness (QED) is 0.683. The molecule has 2 rings (SSSR count). The number of thioether (sulfide) groups is 2. The fourth-order valence-electron chi connectivity index (χ4n) is 1.85. The number of carbonyl (C=O) groups excluding carboxylic acids is 2. The van der Waals surface area contributed by atoms with Gasteiger partial charge in [-0.3, -0.25) is 14.9 Å². The van der Waals surface area contributed by atoms with Crippen LogP contribution in [0.3, 0.4) is 0 Å². The molecule has 0 radical (unpaired) electrons. The Kier molecular flexibility index (Phi) is 7.14. The van der Waals surface area contributed by atoms with Gasteiger partial charge in [0.1, 0.15) is 0 Å². The molecule has 1 heterocycles. The number of nitrogens with two attached hydrogens (primary N) is 1. The van der Waals surface area contributed by atoms with Gasteiger partial charge >= 0.3 is 0 Å². The molecule has 0 spiro atoms. The number of thiazole rings is 1. The van der Waals surface area contributed by atoms with E-state index in [1.54, 1.807) is 0 Å². The van der Waals surface area contributed by atoms with Gasteiger partial charge in [-0.1, -0.05) is 30.4 Å². The minimum absolute atomic E-state index is 0.190. The first-order valence-electron chi connectivity index (χ1n) is 7.36. The third-order valence-electron chi connectivity index (χ3n) is 3.01. The highest BCUT2D eigenvalue weighted by atomic mass is 32.2. The van der Waals surface area contributed by atoms with E-state index in [1.807, 2.05) is 43.0 Å². The summed E-state index contributed by atoms with van der Waals surface area (Å²) in [6, 6.07) is 7.59. The van der Waals surface area contributed by atoms with Crippen LogP contribution >= 0.6 is 34.9 Å². The summed E-state index contributed by atoms with van der Waals surface area (Å²) in [7, 11) is 0. The monoisotopic (exact) mass is 381 g/mol. The number of hydrogen-bond acceptors (Lipinski definition) is 6. The average molecular weight is 382 g/mol. The van der Waals surface area contributed by atoms with Crippen molar-refractivity contribution >= 4 is 51.8 Å². The molecule has 24 heavy (non-hydrogen) atoms. The molecule has 8 heteroatoms. The van der Waals surface area contributed by atoms with E-state index < -0.39 is 0 Å². The first kappa shape index (κ1) is 18.8. The maximum Gasteiger partial charge on any atom is 0.257 e. The van der Waals surface area contributed by atoms with Crippen LogP contribution in [0.5, 0.6) is 0 Å². The molecule has 5 nitrogen and oxygen atoms in total. The van der Waals surface area contributed by atoms with Crippen molar-refractivity contribution in [3.05, 3.63) is 41.1 Å². The minimum Gasteiger partial charge on any atom is -0.369 e. The van der Waals surface area contributed by atoms with Gasteiger partial charge < -0.3 is 5.73 Å². The average Bonchev–Trinajstić information content (AvgIpc) is 2.90. The topological polar surface area (TPSA) is 85.1 Å². The van der Waals surface area contributed by atoms with Gasteiger partial charge in [0.25, 0.3) is 5.91 Å². The van der Waals surface area contributed by atoms with Crippen LogP contribution in [0.2, 0.25) is 0 Å². The number of rotatable bonds is 8. The number of nitrogens with zero attached hydrogens (tertiary/aromatic N) is 1. The van der Waals surface area contributed by atoms with Crippen LogP contribution in [0.1, 0.15) is 28.5 Å². The van der Waals surface area contributed by atoms with E-state index in [0.717, 1.165) is 21.4 Å². The summed E-state index contributed by atoms with van der Waals surface area (Å²) in [6.07, 6.45) is 0. The molecule has 0 aliphatic rings. The molecule has 0 fully saturated rings. The van der Waals surface area contributed by atoms with Crippen molar-refractivity contribution in [1.82, 2.24) is 4.98 Å². The summed E-state index contributed by atoms with van der Waals surface area (Å²) in [6.45, 7) is 3.97. The molecule has 128 valence electrons. The molecule has 0 unspecified atom stereocenters. The molecular weight excluding hydrogens is 362 g/mol. The number of hydrogen-bond donors (Lipinski definition) is 2. The molecule has 0 aliphatic heterocycles. The maximum atomic E-state index is 12.3. The van der Waals surface area contributed by atoms with Crippen LogP contribution in [0.25, 0.3) is 0 Å². The largest absolute Gasteiger partial charge is 0.369 e. The predicted molar refractivity (Wildman–Crippen MR) is 103 cm³/mol. The Bertz CT molecular complexity index is 714. The maximum absolute atomic E-state index is 12.3. The lowest BCUT2D eigenvalue weighted by molar-refractivity contribution is -0.115. The van der Waals surface area contributed by atoms with E-state index in [9.17, 15) is 9.59 Å². The van der Waals surface area contributed by atoms with Crippen molar-refractivity contribution in [2.45, 2.75) is 23.8 Å². The SMILES string of the molecule is CCSCc1ccc(C(=O)Nc2nc(C)c(SCC(N)=O)s2)cc1. The van der Waals surface area contributed by atoms with Crippen molar-refractivity contribution in [2.24, 2.45) is 5.73 Å². The highest BCUT2D eigenvalue weighted by Crippen LogP contribution is 2.32. The van der Waals surface area contributed by atoms with Crippen molar-refractivity contribution in [2.75, 3.05) is 16.8 Å². The number of nitrogens with one attached hydrogen (secondary N) is 1. The van der Waals surface area contributed by atoms with E-state index in [0.29, 0.717) is 10.7 Å². The molecule has 0 saturated heterocycles. The Morgan fingerprint density at radius 1 is 1.29 bits per heavy atom. The number of amides is 2. The molecule has 0 atom stereocenters. The summed E-state index contributed by atoms with van der Waals surface area (Å²) in [5, 5.41) is 3.33. The summed E-state index contributed by atoms with van der Waals surface area (Å²) in [5.74, 6) is 1.66. The Morgan fingerprint density at radius 3 is 2.62 bits per heavy atom. The molecule has 0 bridgehead atoms. The number of primary amides is 1. The van der Waals surface area contributed by atoms with Crippen molar-refractivity contribution in [3.8, 4) is 0 Å². The normalized spacial score (nSPS) is 10.6. The summed E-state index contributed by atoms with van der Waals surface area (Å²) in [5.41, 5.74) is 7.73. The van der Waals surface area contributed by atoms with Crippen LogP contribution in [0.15, 0.2) is 28.5 Å². The van der Waals surface area contributed by atoms with Crippen molar-refractivity contribution in [1.29, 1.82) is 0 Å². The van der Waals surface area contributed by atoms with Gasteiger partial charge in [-0.15, -0.1) is 11.8 Å². The molecule has 2 amide bonds. The van der Waals surface area contributed by atoms with Gasteiger partial charge in [-0.25, -0.2) is 4.98 Å². The molecule has 1 aromatic heterocycles. The second-order valence-electron chi connectivity index (χ2n) is 4.94. The lowest BCUT2D eigenvalue weighted by atomic mass is 10.1. The Hall–Kier alpha value is -1.51. The molecule has 1 aromatic carbocycles. The van der Waals surface area contributed by atoms with E-state index >= 15 is 0 Å². The Morgan fingerprint density at radius 2 is 2.00 bits per heavy atom. The second-order valence-corrected chi connectivity index (χ2v) is 8.45. The van der Waals surface area contributed by atoms with Gasteiger partial charge in [0, 0.05) is 11.3 Å². The van der Waals surface area contributed by atoms with Crippen LogP contribution in [-0.2, 0) is 10.5 Å². The highest BCUT2D eigenvalue weighted by Gasteiger charge is 2.13. The summed E-state index contributed by atoms with van der Waals surface area (Å²) in [4.78, 5) is 27.5. The van der Waals surface area contributed by atoms with E-state index in [2.05, 4.69) is 17.2 Å². The Labute approximate surface area is 153 Å². The molecule has 2 aromatic rings. The van der Waals surface area contributed by atoms with E-state index in [1.165, 1.54) is 28.7 Å². The first-order valence-corrected chi connectivity index (χ1v) is 10.3. The van der Waals surface area contributed by atoms with Gasteiger partial charge in [-0.2, -0.15) is 11.8 Å². The van der Waals surface area contributed by atoms with Crippen LogP contribution in [-0.4, -0.2) is 28.3 Å². The second kappa shape index (κ2) is 9.10. The van der Waals surface area contributed by atoms with Crippen molar-refractivity contribution in [3.63, 3.8) is 0 Å². The summed E-state index contributed by atoms with van der Waals surface area (Å²) >= 11 is 4.53. The minimum atomic E-state index is -0.375. The van der Waals surface area contributed by atoms with Gasteiger partial charge in [0.15, 0.2) is 5.13 Å². The lowest BCUT2D eigenvalue weighted by Gasteiger charge is -2.04. The fourth-order valence-corrected chi connectivity index (χ4v) is 4.35. The lowest BCUT2D eigenvalue weighted by Crippen LogP contribution is -2.12. The van der Waals surface area contributed by atoms with Gasteiger partial charge in [-0.05, 0) is 30.4 Å². The van der Waals surface area contributed by atoms with Crippen LogP contribution in [0.4, 0.5) is 5.13 Å². The summed E-state index contributed by atoms with van der Waals surface area (Å²) < 4.78 is 0.885. The third-order valence-corrected chi connectivity index (χ3v) is 6.41.